The predicted octanol–water partition coefficient (Wildman–Crippen LogP) is 2.23. The van der Waals surface area contributed by atoms with E-state index in [0.717, 1.165) is 0 Å². The maximum absolute atomic E-state index is 4.01. The highest BCUT2D eigenvalue weighted by atomic mass is 14.9. The Morgan fingerprint density at radius 3 is 3.18 bits per heavy atom. The van der Waals surface area contributed by atoms with Gasteiger partial charge in [-0.2, -0.15) is 0 Å². The fourth-order valence-corrected chi connectivity index (χ4v) is 1.54. The molecule has 1 aliphatic rings. The fourth-order valence-electron chi connectivity index (χ4n) is 1.54. The van der Waals surface area contributed by atoms with Gasteiger partial charge in [-0.05, 0) is 19.3 Å². The minimum atomic E-state index is 0.589. The van der Waals surface area contributed by atoms with E-state index in [0.29, 0.717) is 5.92 Å². The van der Waals surface area contributed by atoms with Gasteiger partial charge in [0.05, 0.1) is 6.33 Å². The Bertz CT molecular complexity index is 236. The second-order valence-corrected chi connectivity index (χ2v) is 2.97. The van der Waals surface area contributed by atoms with Crippen LogP contribution in [0.1, 0.15) is 30.9 Å². The number of nitrogens with one attached hydrogen (secondary N) is 1. The van der Waals surface area contributed by atoms with Crippen molar-refractivity contribution in [2.24, 2.45) is 0 Å². The summed E-state index contributed by atoms with van der Waals surface area (Å²) in [5.41, 5.74) is 1.25. The monoisotopic (exact) mass is 148 g/mol. The van der Waals surface area contributed by atoms with Gasteiger partial charge in [-0.1, -0.05) is 12.2 Å². The summed E-state index contributed by atoms with van der Waals surface area (Å²) in [5.74, 6) is 0.589. The summed E-state index contributed by atoms with van der Waals surface area (Å²) in [5, 5.41) is 0. The van der Waals surface area contributed by atoms with Crippen molar-refractivity contribution in [3.05, 3.63) is 30.4 Å². The molecule has 1 unspecified atom stereocenters. The van der Waals surface area contributed by atoms with Crippen LogP contribution in [0.5, 0.6) is 0 Å². The van der Waals surface area contributed by atoms with Crippen molar-refractivity contribution in [3.63, 3.8) is 0 Å². The van der Waals surface area contributed by atoms with Crippen LogP contribution < -0.4 is 0 Å². The number of imidazole rings is 1. The van der Waals surface area contributed by atoms with Gasteiger partial charge in [-0.15, -0.1) is 0 Å². The van der Waals surface area contributed by atoms with E-state index < -0.39 is 0 Å². The third kappa shape index (κ3) is 1.34. The standard InChI is InChI=1S/C9H12N2/c1-2-4-8(5-3-1)9-6-10-7-11-9/h2,4,6-8H,1,3,5H2,(H,10,11). The molecule has 0 fully saturated rings. The van der Waals surface area contributed by atoms with Crippen LogP contribution >= 0.6 is 0 Å². The molecule has 58 valence electrons. The summed E-state index contributed by atoms with van der Waals surface area (Å²) in [4.78, 5) is 7.15. The van der Waals surface area contributed by atoms with Crippen molar-refractivity contribution in [1.82, 2.24) is 9.97 Å². The number of H-pyrrole nitrogens is 1. The minimum absolute atomic E-state index is 0.589. The average molecular weight is 148 g/mol. The fraction of sp³-hybridized carbons (Fsp3) is 0.444. The van der Waals surface area contributed by atoms with Crippen molar-refractivity contribution < 1.29 is 0 Å². The number of hydrogen-bond acceptors (Lipinski definition) is 1. The van der Waals surface area contributed by atoms with Crippen LogP contribution in [0.15, 0.2) is 24.7 Å². The lowest BCUT2D eigenvalue weighted by Gasteiger charge is -2.13. The molecule has 0 radical (unpaired) electrons. The van der Waals surface area contributed by atoms with E-state index >= 15 is 0 Å². The summed E-state index contributed by atoms with van der Waals surface area (Å²) in [6, 6.07) is 0. The number of allylic oxidation sites excluding steroid dienone is 2. The van der Waals surface area contributed by atoms with E-state index in [2.05, 4.69) is 22.1 Å². The van der Waals surface area contributed by atoms with Gasteiger partial charge in [0.15, 0.2) is 0 Å². The SMILES string of the molecule is C1=CC(c2cnc[nH]2)CCC1. The summed E-state index contributed by atoms with van der Waals surface area (Å²) in [6.07, 6.45) is 12.0. The minimum Gasteiger partial charge on any atom is -0.348 e. The third-order valence-electron chi connectivity index (χ3n) is 2.17. The van der Waals surface area contributed by atoms with Gasteiger partial charge >= 0.3 is 0 Å². The first-order chi connectivity index (χ1) is 5.47. The van der Waals surface area contributed by atoms with Gasteiger partial charge in [0.25, 0.3) is 0 Å². The first kappa shape index (κ1) is 6.65. The Hall–Kier alpha value is -1.05. The van der Waals surface area contributed by atoms with Crippen LogP contribution in [-0.4, -0.2) is 9.97 Å². The second-order valence-electron chi connectivity index (χ2n) is 2.97. The molecule has 0 aromatic carbocycles. The summed E-state index contributed by atoms with van der Waals surface area (Å²) in [7, 11) is 0. The highest BCUT2D eigenvalue weighted by Crippen LogP contribution is 2.25. The molecule has 2 heteroatoms. The van der Waals surface area contributed by atoms with Crippen molar-refractivity contribution in [2.45, 2.75) is 25.2 Å². The number of nitrogens with zero attached hydrogens (tertiary/aromatic N) is 1. The van der Waals surface area contributed by atoms with Crippen LogP contribution in [-0.2, 0) is 0 Å². The van der Waals surface area contributed by atoms with Crippen LogP contribution in [0, 0.1) is 0 Å². The Balaban J connectivity index is 2.16. The van der Waals surface area contributed by atoms with Gasteiger partial charge in [-0.3, -0.25) is 0 Å². The molecule has 0 saturated carbocycles. The normalized spacial score (nSPS) is 23.8. The number of aromatic nitrogens is 2. The highest BCUT2D eigenvalue weighted by Gasteiger charge is 2.10. The Kier molecular flexibility index (Phi) is 1.76. The first-order valence-corrected chi connectivity index (χ1v) is 4.12. The number of aromatic amines is 1. The lowest BCUT2D eigenvalue weighted by molar-refractivity contribution is 0.644. The van der Waals surface area contributed by atoms with Gasteiger partial charge in [0.2, 0.25) is 0 Å². The molecule has 2 rings (SSSR count). The lowest BCUT2D eigenvalue weighted by Crippen LogP contribution is -1.98. The molecule has 0 saturated heterocycles. The molecular formula is C9H12N2. The van der Waals surface area contributed by atoms with Crippen LogP contribution in [0.2, 0.25) is 0 Å². The topological polar surface area (TPSA) is 28.7 Å². The molecule has 0 aliphatic heterocycles. The Morgan fingerprint density at radius 2 is 2.55 bits per heavy atom. The average Bonchev–Trinajstić information content (AvgIpc) is 2.58. The third-order valence-corrected chi connectivity index (χ3v) is 2.17. The number of rotatable bonds is 1. The molecule has 11 heavy (non-hydrogen) atoms. The molecule has 0 bridgehead atoms. The molecule has 1 heterocycles. The van der Waals surface area contributed by atoms with Gasteiger partial charge in [0.1, 0.15) is 0 Å². The Labute approximate surface area is 66.4 Å². The molecule has 0 spiro atoms. The summed E-state index contributed by atoms with van der Waals surface area (Å²) >= 11 is 0. The number of hydrogen-bond donors (Lipinski definition) is 1. The molecule has 1 aliphatic carbocycles. The van der Waals surface area contributed by atoms with E-state index in [9.17, 15) is 0 Å². The molecule has 0 amide bonds. The zero-order valence-corrected chi connectivity index (χ0v) is 6.46. The van der Waals surface area contributed by atoms with Gasteiger partial charge < -0.3 is 4.98 Å². The maximum Gasteiger partial charge on any atom is 0.0921 e. The van der Waals surface area contributed by atoms with Crippen molar-refractivity contribution in [1.29, 1.82) is 0 Å². The molecule has 1 aromatic rings. The van der Waals surface area contributed by atoms with E-state index in [4.69, 9.17) is 0 Å². The molecule has 1 atom stereocenters. The summed E-state index contributed by atoms with van der Waals surface area (Å²) < 4.78 is 0. The molecular weight excluding hydrogens is 136 g/mol. The highest BCUT2D eigenvalue weighted by molar-refractivity contribution is 5.13. The lowest BCUT2D eigenvalue weighted by atomic mass is 9.94. The first-order valence-electron chi connectivity index (χ1n) is 4.12. The molecule has 1 N–H and O–H groups in total. The quantitative estimate of drug-likeness (QED) is 0.608. The summed E-state index contributed by atoms with van der Waals surface area (Å²) in [6.45, 7) is 0. The van der Waals surface area contributed by atoms with E-state index in [1.807, 2.05) is 6.20 Å². The maximum atomic E-state index is 4.01. The van der Waals surface area contributed by atoms with Gasteiger partial charge in [0, 0.05) is 17.8 Å². The van der Waals surface area contributed by atoms with Crippen molar-refractivity contribution in [3.8, 4) is 0 Å². The zero-order chi connectivity index (χ0) is 7.52. The second kappa shape index (κ2) is 2.91. The van der Waals surface area contributed by atoms with Crippen LogP contribution in [0.4, 0.5) is 0 Å². The largest absolute Gasteiger partial charge is 0.348 e. The Morgan fingerprint density at radius 1 is 1.55 bits per heavy atom. The predicted molar refractivity (Wildman–Crippen MR) is 44.3 cm³/mol. The van der Waals surface area contributed by atoms with E-state index in [1.165, 1.54) is 25.0 Å². The van der Waals surface area contributed by atoms with E-state index in [1.54, 1.807) is 6.33 Å². The van der Waals surface area contributed by atoms with Crippen molar-refractivity contribution >= 4 is 0 Å². The van der Waals surface area contributed by atoms with Gasteiger partial charge in [-0.25, -0.2) is 4.98 Å². The molecule has 2 nitrogen and oxygen atoms in total. The van der Waals surface area contributed by atoms with Crippen molar-refractivity contribution in [2.75, 3.05) is 0 Å². The smallest absolute Gasteiger partial charge is 0.0921 e. The molecule has 1 aromatic heterocycles. The van der Waals surface area contributed by atoms with Crippen LogP contribution in [0.3, 0.4) is 0 Å². The van der Waals surface area contributed by atoms with Crippen LogP contribution in [0.25, 0.3) is 0 Å². The zero-order valence-electron chi connectivity index (χ0n) is 6.46. The van der Waals surface area contributed by atoms with E-state index in [-0.39, 0.29) is 0 Å².